The number of allylic oxidation sites excluding steroid dienone is 1. The van der Waals surface area contributed by atoms with Crippen LogP contribution in [0.1, 0.15) is 59.6 Å². The van der Waals surface area contributed by atoms with E-state index < -0.39 is 12.0 Å². The van der Waals surface area contributed by atoms with Crippen LogP contribution >= 0.6 is 0 Å². The highest BCUT2D eigenvalue weighted by Crippen LogP contribution is 2.35. The van der Waals surface area contributed by atoms with Gasteiger partial charge in [0.2, 0.25) is 0 Å². The zero-order valence-corrected chi connectivity index (χ0v) is 18.3. The van der Waals surface area contributed by atoms with E-state index in [4.69, 9.17) is 14.2 Å². The third-order valence-corrected chi connectivity index (χ3v) is 4.98. The normalized spacial score (nSPS) is 17.9. The van der Waals surface area contributed by atoms with Crippen LogP contribution in [0.4, 0.5) is 4.79 Å². The zero-order chi connectivity index (χ0) is 21.8. The van der Waals surface area contributed by atoms with Crippen molar-refractivity contribution in [2.24, 2.45) is 5.41 Å². The fraction of sp³-hybridized carbons (Fsp3) is 0.545. The Bertz CT molecular complexity index is 795. The molecular formula is C22H32N2O5. The molecule has 0 unspecified atom stereocenters. The fourth-order valence-electron chi connectivity index (χ4n) is 2.81. The molecule has 0 bridgehead atoms. The Morgan fingerprint density at radius 2 is 1.93 bits per heavy atom. The van der Waals surface area contributed by atoms with Gasteiger partial charge < -0.3 is 24.8 Å². The van der Waals surface area contributed by atoms with Crippen LogP contribution in [0.25, 0.3) is 0 Å². The summed E-state index contributed by atoms with van der Waals surface area (Å²) < 4.78 is 16.8. The minimum absolute atomic E-state index is 0.202. The molecule has 160 valence electrons. The number of urea groups is 1. The zero-order valence-electron chi connectivity index (χ0n) is 18.3. The molecule has 2 rings (SSSR count). The van der Waals surface area contributed by atoms with Crippen molar-refractivity contribution in [1.82, 2.24) is 10.6 Å². The van der Waals surface area contributed by atoms with Crippen molar-refractivity contribution in [3.63, 3.8) is 0 Å². The van der Waals surface area contributed by atoms with E-state index in [1.807, 2.05) is 40.7 Å². The first kappa shape index (κ1) is 22.6. The van der Waals surface area contributed by atoms with Crippen molar-refractivity contribution in [2.45, 2.75) is 60.1 Å². The van der Waals surface area contributed by atoms with Crippen LogP contribution in [-0.4, -0.2) is 31.8 Å². The molecule has 0 saturated carbocycles. The molecule has 0 aromatic heterocycles. The summed E-state index contributed by atoms with van der Waals surface area (Å²) in [5.74, 6) is 0.689. The maximum Gasteiger partial charge on any atom is 0.338 e. The molecule has 1 heterocycles. The number of nitrogens with one attached hydrogen (secondary N) is 2. The van der Waals surface area contributed by atoms with Gasteiger partial charge >= 0.3 is 12.0 Å². The monoisotopic (exact) mass is 404 g/mol. The fourth-order valence-corrected chi connectivity index (χ4v) is 2.81. The second-order valence-electron chi connectivity index (χ2n) is 8.24. The van der Waals surface area contributed by atoms with Gasteiger partial charge in [0.25, 0.3) is 0 Å². The molecule has 0 radical (unpaired) electrons. The van der Waals surface area contributed by atoms with Gasteiger partial charge in [-0.2, -0.15) is 0 Å². The number of rotatable bonds is 7. The standard InChI is InChI=1S/C22H32N2O5/c1-8-11-28-16-10-9-15(12-17(16)27-7)19-18(13(2)23-21(26)24-19)20(25)29-14(3)22(4,5)6/h9-10,12,14,19H,8,11H2,1-7H3,(H2,23,24,26)/t14-,19-/m0/s1. The van der Waals surface area contributed by atoms with E-state index in [1.165, 1.54) is 0 Å². The number of amides is 2. The predicted octanol–water partition coefficient (Wildman–Crippen LogP) is 4.09. The first-order valence-corrected chi connectivity index (χ1v) is 9.88. The third-order valence-electron chi connectivity index (χ3n) is 4.98. The summed E-state index contributed by atoms with van der Waals surface area (Å²) in [4.78, 5) is 25.1. The van der Waals surface area contributed by atoms with Crippen LogP contribution in [0.3, 0.4) is 0 Å². The molecule has 1 aliphatic heterocycles. The highest BCUT2D eigenvalue weighted by molar-refractivity contribution is 5.95. The number of hydrogen-bond acceptors (Lipinski definition) is 5. The average Bonchev–Trinajstić information content (AvgIpc) is 2.64. The highest BCUT2D eigenvalue weighted by atomic mass is 16.5. The molecule has 1 aromatic carbocycles. The summed E-state index contributed by atoms with van der Waals surface area (Å²) in [5.41, 5.74) is 1.34. The summed E-state index contributed by atoms with van der Waals surface area (Å²) in [6, 6.07) is 4.34. The molecule has 29 heavy (non-hydrogen) atoms. The lowest BCUT2D eigenvalue weighted by atomic mass is 9.90. The molecule has 1 aromatic rings. The van der Waals surface area contributed by atoms with Crippen LogP contribution in [0.15, 0.2) is 29.5 Å². The second kappa shape index (κ2) is 9.20. The Morgan fingerprint density at radius 1 is 1.24 bits per heavy atom. The SMILES string of the molecule is CCCOc1ccc([C@@H]2NC(=O)NC(C)=C2C(=O)O[C@@H](C)C(C)(C)C)cc1OC. The van der Waals surface area contributed by atoms with Crippen molar-refractivity contribution in [2.75, 3.05) is 13.7 Å². The Hall–Kier alpha value is -2.70. The van der Waals surface area contributed by atoms with Crippen LogP contribution < -0.4 is 20.1 Å². The summed E-state index contributed by atoms with van der Waals surface area (Å²) in [6.07, 6.45) is 0.576. The molecule has 2 N–H and O–H groups in total. The number of carbonyl (C=O) groups excluding carboxylic acids is 2. The van der Waals surface area contributed by atoms with Crippen molar-refractivity contribution in [3.8, 4) is 11.5 Å². The summed E-state index contributed by atoms with van der Waals surface area (Å²) in [7, 11) is 1.56. The maximum absolute atomic E-state index is 13.0. The predicted molar refractivity (Wildman–Crippen MR) is 111 cm³/mol. The van der Waals surface area contributed by atoms with Crippen molar-refractivity contribution in [3.05, 3.63) is 35.0 Å². The smallest absolute Gasteiger partial charge is 0.338 e. The van der Waals surface area contributed by atoms with Gasteiger partial charge in [0, 0.05) is 5.70 Å². The summed E-state index contributed by atoms with van der Waals surface area (Å²) in [6.45, 7) is 12.2. The van der Waals surface area contributed by atoms with E-state index >= 15 is 0 Å². The van der Waals surface area contributed by atoms with E-state index in [2.05, 4.69) is 10.6 Å². The van der Waals surface area contributed by atoms with Gasteiger partial charge in [-0.25, -0.2) is 9.59 Å². The molecule has 0 aliphatic carbocycles. The molecule has 7 nitrogen and oxygen atoms in total. The van der Waals surface area contributed by atoms with Gasteiger partial charge in [-0.1, -0.05) is 33.8 Å². The van der Waals surface area contributed by atoms with E-state index in [1.54, 1.807) is 26.2 Å². The average molecular weight is 405 g/mol. The number of esters is 1. The van der Waals surface area contributed by atoms with Crippen LogP contribution in [-0.2, 0) is 9.53 Å². The lowest BCUT2D eigenvalue weighted by Crippen LogP contribution is -2.46. The Morgan fingerprint density at radius 3 is 2.52 bits per heavy atom. The molecule has 7 heteroatoms. The molecule has 0 spiro atoms. The molecular weight excluding hydrogens is 372 g/mol. The Kier molecular flexibility index (Phi) is 7.16. The van der Waals surface area contributed by atoms with Gasteiger partial charge in [-0.05, 0) is 43.4 Å². The molecule has 1 aliphatic rings. The van der Waals surface area contributed by atoms with Crippen molar-refractivity contribution < 1.29 is 23.8 Å². The molecule has 0 saturated heterocycles. The van der Waals surface area contributed by atoms with Crippen LogP contribution in [0.2, 0.25) is 0 Å². The Labute approximate surface area is 172 Å². The van der Waals surface area contributed by atoms with Crippen molar-refractivity contribution >= 4 is 12.0 Å². The van der Waals surface area contributed by atoms with Gasteiger partial charge in [-0.3, -0.25) is 0 Å². The van der Waals surface area contributed by atoms with E-state index in [0.717, 1.165) is 6.42 Å². The van der Waals surface area contributed by atoms with Gasteiger partial charge in [0.1, 0.15) is 6.10 Å². The number of methoxy groups -OCH3 is 1. The maximum atomic E-state index is 13.0. The minimum Gasteiger partial charge on any atom is -0.493 e. The lowest BCUT2D eigenvalue weighted by Gasteiger charge is -2.32. The van der Waals surface area contributed by atoms with Gasteiger partial charge in [0.15, 0.2) is 11.5 Å². The molecule has 2 amide bonds. The highest BCUT2D eigenvalue weighted by Gasteiger charge is 2.35. The van der Waals surface area contributed by atoms with Crippen molar-refractivity contribution in [1.29, 1.82) is 0 Å². The largest absolute Gasteiger partial charge is 0.493 e. The minimum atomic E-state index is -0.655. The first-order valence-electron chi connectivity index (χ1n) is 9.88. The number of benzene rings is 1. The van der Waals surface area contributed by atoms with E-state index in [0.29, 0.717) is 34.9 Å². The summed E-state index contributed by atoms with van der Waals surface area (Å²) in [5, 5.41) is 5.48. The van der Waals surface area contributed by atoms with E-state index in [9.17, 15) is 9.59 Å². The topological polar surface area (TPSA) is 85.9 Å². The quantitative estimate of drug-likeness (QED) is 0.669. The Balaban J connectivity index is 2.39. The molecule has 2 atom stereocenters. The first-order chi connectivity index (χ1) is 13.6. The van der Waals surface area contributed by atoms with Gasteiger partial charge in [0.05, 0.1) is 25.3 Å². The van der Waals surface area contributed by atoms with Gasteiger partial charge in [-0.15, -0.1) is 0 Å². The third kappa shape index (κ3) is 5.43. The second-order valence-corrected chi connectivity index (χ2v) is 8.24. The summed E-state index contributed by atoms with van der Waals surface area (Å²) >= 11 is 0. The molecule has 0 fully saturated rings. The number of carbonyl (C=O) groups is 2. The van der Waals surface area contributed by atoms with E-state index in [-0.39, 0.29) is 17.6 Å². The number of hydrogen-bond donors (Lipinski definition) is 2. The number of ether oxygens (including phenoxy) is 3. The lowest BCUT2D eigenvalue weighted by molar-refractivity contribution is -0.149. The van der Waals surface area contributed by atoms with Crippen LogP contribution in [0.5, 0.6) is 11.5 Å². The van der Waals surface area contributed by atoms with Crippen LogP contribution in [0, 0.1) is 5.41 Å².